The average Bonchev–Trinajstić information content (AvgIpc) is 2.96. The number of ether oxygens (including phenoxy) is 1. The van der Waals surface area contributed by atoms with Gasteiger partial charge in [0.15, 0.2) is 9.84 Å². The summed E-state index contributed by atoms with van der Waals surface area (Å²) >= 11 is 0. The second-order valence-electron chi connectivity index (χ2n) is 9.39. The van der Waals surface area contributed by atoms with Crippen molar-refractivity contribution in [3.05, 3.63) is 66.2 Å². The fourth-order valence-electron chi connectivity index (χ4n) is 4.03. The fraction of sp³-hybridized carbons (Fsp3) is 0.192. The lowest BCUT2D eigenvalue weighted by atomic mass is 10.1. The highest BCUT2D eigenvalue weighted by molar-refractivity contribution is 7.93. The highest BCUT2D eigenvalue weighted by atomic mass is 32.2. The minimum Gasteiger partial charge on any atom is -0.495 e. The van der Waals surface area contributed by atoms with E-state index in [0.29, 0.717) is 12.1 Å². The van der Waals surface area contributed by atoms with Crippen LogP contribution in [-0.4, -0.2) is 67.9 Å². The summed E-state index contributed by atoms with van der Waals surface area (Å²) in [7, 11) is -12.0. The Balaban J connectivity index is 1.74. The van der Waals surface area contributed by atoms with Gasteiger partial charge in [-0.2, -0.15) is 31.8 Å². The standard InChI is InChI=1S/C26H29N7O9S3/c1-3-16-7-4-5-10-20(16)29-25-31-24(28-17-8-6-9-18(13-17)43(34,35)11-12-44(36,37)38)32-26(33-25)30-21-14-19(27)23(45(39,40)41)15-22(21)42-2/h4-10,13-15H,3,11-12,27H2,1-2H3,(H,36,37,38)(H,39,40,41)(H3,28,29,30,31,32,33). The third kappa shape index (κ3) is 8.76. The van der Waals surface area contributed by atoms with E-state index in [1.54, 1.807) is 0 Å². The Hall–Kier alpha value is -4.56. The maximum Gasteiger partial charge on any atom is 0.296 e. The van der Waals surface area contributed by atoms with Crippen molar-refractivity contribution in [2.75, 3.05) is 40.3 Å². The Morgan fingerprint density at radius 3 is 2.00 bits per heavy atom. The van der Waals surface area contributed by atoms with E-state index in [4.69, 9.17) is 15.0 Å². The van der Waals surface area contributed by atoms with Crippen molar-refractivity contribution in [3.63, 3.8) is 0 Å². The number of nitrogens with two attached hydrogens (primary N) is 1. The first-order valence-electron chi connectivity index (χ1n) is 13.0. The molecule has 0 fully saturated rings. The number of sulfone groups is 1. The molecule has 7 N–H and O–H groups in total. The number of aromatic nitrogens is 3. The lowest BCUT2D eigenvalue weighted by molar-refractivity contribution is 0.414. The van der Waals surface area contributed by atoms with Crippen molar-refractivity contribution in [3.8, 4) is 5.75 Å². The number of rotatable bonds is 13. The molecular formula is C26H29N7O9S3. The Labute approximate surface area is 259 Å². The second kappa shape index (κ2) is 13.2. The zero-order valence-electron chi connectivity index (χ0n) is 23.8. The van der Waals surface area contributed by atoms with Crippen LogP contribution < -0.4 is 26.4 Å². The number of nitrogens with one attached hydrogen (secondary N) is 3. The van der Waals surface area contributed by atoms with Crippen LogP contribution in [-0.2, 0) is 36.5 Å². The van der Waals surface area contributed by atoms with E-state index >= 15 is 0 Å². The maximum absolute atomic E-state index is 12.7. The molecule has 0 aliphatic carbocycles. The smallest absolute Gasteiger partial charge is 0.296 e. The van der Waals surface area contributed by atoms with Crippen LogP contribution >= 0.6 is 0 Å². The fourth-order valence-corrected chi connectivity index (χ4v) is 7.19. The summed E-state index contributed by atoms with van der Waals surface area (Å²) in [5, 5.41) is 8.91. The van der Waals surface area contributed by atoms with E-state index in [2.05, 4.69) is 30.9 Å². The minimum absolute atomic E-state index is 0.0135. The molecule has 0 amide bonds. The Morgan fingerprint density at radius 2 is 1.40 bits per heavy atom. The Morgan fingerprint density at radius 1 is 0.778 bits per heavy atom. The number of benzene rings is 3. The van der Waals surface area contributed by atoms with E-state index in [1.165, 1.54) is 37.4 Å². The zero-order chi connectivity index (χ0) is 33.0. The monoisotopic (exact) mass is 679 g/mol. The SMILES string of the molecule is CCc1ccccc1Nc1nc(Nc2cccc(S(=O)(=O)CCS(=O)(=O)O)c2)nc(Nc2cc(N)c(S(=O)(=O)O)cc2OC)n1. The predicted molar refractivity (Wildman–Crippen MR) is 168 cm³/mol. The second-order valence-corrected chi connectivity index (χ2v) is 14.5. The van der Waals surface area contributed by atoms with E-state index in [-0.39, 0.29) is 45.6 Å². The minimum atomic E-state index is -4.65. The first-order chi connectivity index (χ1) is 21.1. The predicted octanol–water partition coefficient (Wildman–Crippen LogP) is 3.16. The van der Waals surface area contributed by atoms with Crippen molar-refractivity contribution >= 4 is 70.7 Å². The molecule has 45 heavy (non-hydrogen) atoms. The molecule has 0 spiro atoms. The van der Waals surface area contributed by atoms with E-state index in [0.717, 1.165) is 11.6 Å². The molecule has 0 bridgehead atoms. The van der Waals surface area contributed by atoms with Crippen molar-refractivity contribution in [1.82, 2.24) is 15.0 Å². The van der Waals surface area contributed by atoms with Crippen LogP contribution in [0.5, 0.6) is 5.75 Å². The third-order valence-electron chi connectivity index (χ3n) is 6.20. The van der Waals surface area contributed by atoms with Gasteiger partial charge in [0.05, 0.1) is 34.9 Å². The normalized spacial score (nSPS) is 12.0. The Bertz CT molecular complexity index is 2060. The van der Waals surface area contributed by atoms with Gasteiger partial charge in [-0.05, 0) is 42.3 Å². The molecule has 0 atom stereocenters. The van der Waals surface area contributed by atoms with Gasteiger partial charge in [0.2, 0.25) is 17.8 Å². The van der Waals surface area contributed by atoms with Gasteiger partial charge < -0.3 is 26.4 Å². The number of anilines is 7. The van der Waals surface area contributed by atoms with Crippen LogP contribution in [0.3, 0.4) is 0 Å². The molecule has 0 aliphatic rings. The zero-order valence-corrected chi connectivity index (χ0v) is 26.2. The van der Waals surface area contributed by atoms with Crippen molar-refractivity contribution in [2.45, 2.75) is 23.1 Å². The van der Waals surface area contributed by atoms with Crippen LogP contribution in [0.2, 0.25) is 0 Å². The van der Waals surface area contributed by atoms with Gasteiger partial charge in [-0.1, -0.05) is 31.2 Å². The summed E-state index contributed by atoms with van der Waals surface area (Å²) in [5.74, 6) is -1.88. The molecule has 19 heteroatoms. The number of para-hydroxylation sites is 1. The third-order valence-corrected chi connectivity index (χ3v) is 9.80. The number of nitrogens with zero attached hydrogens (tertiary/aromatic N) is 3. The molecule has 16 nitrogen and oxygen atoms in total. The molecule has 0 saturated heterocycles. The van der Waals surface area contributed by atoms with Crippen molar-refractivity contribution in [1.29, 1.82) is 0 Å². The highest BCUT2D eigenvalue weighted by Gasteiger charge is 2.21. The Kier molecular flexibility index (Phi) is 9.78. The molecule has 0 radical (unpaired) electrons. The molecule has 4 aromatic rings. The molecule has 4 rings (SSSR count). The first-order valence-corrected chi connectivity index (χ1v) is 17.7. The summed E-state index contributed by atoms with van der Waals surface area (Å²) in [4.78, 5) is 12.4. The molecule has 0 aliphatic heterocycles. The molecule has 0 unspecified atom stereocenters. The number of methoxy groups -OCH3 is 1. The van der Waals surface area contributed by atoms with Gasteiger partial charge in [-0.25, -0.2) is 8.42 Å². The average molecular weight is 680 g/mol. The summed E-state index contributed by atoms with van der Waals surface area (Å²) in [6.07, 6.45) is 0.694. The highest BCUT2D eigenvalue weighted by Crippen LogP contribution is 2.34. The molecule has 240 valence electrons. The quantitative estimate of drug-likeness (QED) is 0.0876. The van der Waals surface area contributed by atoms with E-state index in [9.17, 15) is 29.8 Å². The summed E-state index contributed by atoms with van der Waals surface area (Å²) < 4.78 is 94.8. The number of nitrogen functional groups attached to an aromatic ring is 1. The number of hydrogen-bond donors (Lipinski definition) is 6. The van der Waals surface area contributed by atoms with Gasteiger partial charge >= 0.3 is 0 Å². The first kappa shape index (κ1) is 33.3. The van der Waals surface area contributed by atoms with Gasteiger partial charge in [-0.15, -0.1) is 0 Å². The van der Waals surface area contributed by atoms with Crippen LogP contribution in [0, 0.1) is 0 Å². The van der Waals surface area contributed by atoms with Crippen LogP contribution in [0.25, 0.3) is 0 Å². The summed E-state index contributed by atoms with van der Waals surface area (Å²) in [6.45, 7) is 1.97. The van der Waals surface area contributed by atoms with Gasteiger partial charge in [0, 0.05) is 17.4 Å². The van der Waals surface area contributed by atoms with Crippen LogP contribution in [0.15, 0.2) is 70.5 Å². The molecular weight excluding hydrogens is 651 g/mol. The van der Waals surface area contributed by atoms with Gasteiger partial charge in [0.1, 0.15) is 10.6 Å². The molecule has 1 aromatic heterocycles. The lowest BCUT2D eigenvalue weighted by Gasteiger charge is -2.15. The number of hydrogen-bond acceptors (Lipinski definition) is 14. The largest absolute Gasteiger partial charge is 0.495 e. The van der Waals surface area contributed by atoms with Gasteiger partial charge in [-0.3, -0.25) is 9.11 Å². The van der Waals surface area contributed by atoms with E-state index in [1.807, 2.05) is 31.2 Å². The molecule has 1 heterocycles. The maximum atomic E-state index is 12.7. The van der Waals surface area contributed by atoms with Crippen LogP contribution in [0.1, 0.15) is 12.5 Å². The topological polar surface area (TPSA) is 253 Å². The van der Waals surface area contributed by atoms with Gasteiger partial charge in [0.25, 0.3) is 20.2 Å². The molecule has 3 aromatic carbocycles. The van der Waals surface area contributed by atoms with E-state index < -0.39 is 46.5 Å². The molecule has 0 saturated carbocycles. The lowest BCUT2D eigenvalue weighted by Crippen LogP contribution is -2.16. The summed E-state index contributed by atoms with van der Waals surface area (Å²) in [6, 6.07) is 15.1. The number of aryl methyl sites for hydroxylation is 1. The van der Waals surface area contributed by atoms with Crippen molar-refractivity contribution < 1.29 is 39.1 Å². The van der Waals surface area contributed by atoms with Crippen molar-refractivity contribution in [2.24, 2.45) is 0 Å². The van der Waals surface area contributed by atoms with Crippen LogP contribution in [0.4, 0.5) is 40.6 Å². The summed E-state index contributed by atoms with van der Waals surface area (Å²) in [5.41, 5.74) is 7.61.